The molecule has 0 bridgehead atoms. The molecule has 322 valence electrons. The fourth-order valence-corrected chi connectivity index (χ4v) is 9.79. The molecular formula is C37H50FN3O17. The molecule has 2 N–H and O–H groups in total. The van der Waals surface area contributed by atoms with Gasteiger partial charge in [-0.3, -0.25) is 14.4 Å². The van der Waals surface area contributed by atoms with Gasteiger partial charge in [0.2, 0.25) is 5.78 Å². The minimum absolute atomic E-state index is 0.135. The van der Waals surface area contributed by atoms with Crippen LogP contribution in [0, 0.1) is 42.9 Å². The van der Waals surface area contributed by atoms with Gasteiger partial charge < -0.3 is 43.8 Å². The molecule has 1 saturated heterocycles. The van der Waals surface area contributed by atoms with Crippen molar-refractivity contribution < 1.29 is 77.0 Å². The number of hydrogen-bond acceptors (Lipinski definition) is 17. The van der Waals surface area contributed by atoms with Crippen molar-refractivity contribution in [2.45, 2.75) is 121 Å². The van der Waals surface area contributed by atoms with Gasteiger partial charge in [0.1, 0.15) is 6.04 Å². The highest BCUT2D eigenvalue weighted by molar-refractivity contribution is 6.01. The number of alkyl halides is 1. The van der Waals surface area contributed by atoms with E-state index in [1.165, 1.54) is 18.2 Å². The van der Waals surface area contributed by atoms with Gasteiger partial charge in [-0.2, -0.15) is 0 Å². The second kappa shape index (κ2) is 17.2. The number of nitrogens with one attached hydrogen (secondary N) is 1. The highest BCUT2D eigenvalue weighted by Gasteiger charge is 2.80. The molecule has 0 aromatic heterocycles. The first-order valence-corrected chi connectivity index (χ1v) is 19.2. The molecule has 1 unspecified atom stereocenters. The summed E-state index contributed by atoms with van der Waals surface area (Å²) in [5.74, 6) is -5.75. The van der Waals surface area contributed by atoms with Crippen molar-refractivity contribution >= 4 is 29.6 Å². The zero-order valence-corrected chi connectivity index (χ0v) is 32.8. The SMILES string of the molecule is CC1(C)O[C@@H]2C[C@H]3[C@@H]4CCC5=CC(=O)C=C[C@]5(C)[C@@]4(F)[C@@H](O)C[C@]3(C)[C@@]2(C(=O)COC(=O)CC(NC(=O)OCCCCO[N+](=O)[O-])C(=O)OCCCCO[N+](=O)[O-])O1. The molecule has 3 saturated carbocycles. The topological polar surface area (TPSA) is 268 Å². The Labute approximate surface area is 332 Å². The second-order valence-electron chi connectivity index (χ2n) is 16.2. The average molecular weight is 828 g/mol. The van der Waals surface area contributed by atoms with Crippen molar-refractivity contribution in [2.24, 2.45) is 22.7 Å². The monoisotopic (exact) mass is 827 g/mol. The summed E-state index contributed by atoms with van der Waals surface area (Å²) < 4.78 is 46.0. The summed E-state index contributed by atoms with van der Waals surface area (Å²) in [4.78, 5) is 94.6. The largest absolute Gasteiger partial charge is 0.464 e. The number of nitrogens with zero attached hydrogens (tertiary/aromatic N) is 2. The van der Waals surface area contributed by atoms with Crippen LogP contribution in [0.3, 0.4) is 0 Å². The number of alkyl carbamates (subject to hydrolysis) is 1. The maximum absolute atomic E-state index is 17.7. The predicted molar refractivity (Wildman–Crippen MR) is 191 cm³/mol. The fourth-order valence-electron chi connectivity index (χ4n) is 9.79. The van der Waals surface area contributed by atoms with Crippen molar-refractivity contribution in [3.8, 4) is 0 Å². The molecule has 5 rings (SSSR count). The number of amides is 1. The molecule has 0 aromatic rings. The zero-order valence-electron chi connectivity index (χ0n) is 32.8. The van der Waals surface area contributed by atoms with E-state index < -0.39 is 105 Å². The fraction of sp³-hybridized carbons (Fsp3) is 0.757. The summed E-state index contributed by atoms with van der Waals surface area (Å²) in [5.41, 5.74) is -5.86. The van der Waals surface area contributed by atoms with Crippen LogP contribution in [0.2, 0.25) is 0 Å². The highest BCUT2D eigenvalue weighted by Crippen LogP contribution is 2.72. The molecule has 4 aliphatic carbocycles. The summed E-state index contributed by atoms with van der Waals surface area (Å²) in [6.45, 7) is 4.80. The normalized spacial score (nSPS) is 33.2. The Bertz CT molecular complexity index is 1720. The van der Waals surface area contributed by atoms with Crippen molar-refractivity contribution in [1.82, 2.24) is 5.32 Å². The quantitative estimate of drug-likeness (QED) is 0.0623. The first-order valence-electron chi connectivity index (χ1n) is 19.2. The number of rotatable bonds is 19. The molecular weight excluding hydrogens is 777 g/mol. The lowest BCUT2D eigenvalue weighted by Gasteiger charge is -2.62. The molecule has 58 heavy (non-hydrogen) atoms. The number of aliphatic hydroxyl groups is 1. The Hall–Kier alpha value is -4.76. The van der Waals surface area contributed by atoms with Gasteiger partial charge >= 0.3 is 18.0 Å². The third-order valence-electron chi connectivity index (χ3n) is 12.3. The van der Waals surface area contributed by atoms with Crippen LogP contribution < -0.4 is 5.32 Å². The van der Waals surface area contributed by atoms with E-state index in [2.05, 4.69) is 15.0 Å². The van der Waals surface area contributed by atoms with Crippen LogP contribution >= 0.6 is 0 Å². The van der Waals surface area contributed by atoms with E-state index in [0.29, 0.717) is 18.4 Å². The molecule has 0 aromatic carbocycles. The van der Waals surface area contributed by atoms with Gasteiger partial charge in [-0.1, -0.05) is 18.6 Å². The number of hydrogen-bond donors (Lipinski definition) is 2. The predicted octanol–water partition coefficient (Wildman–Crippen LogP) is 2.97. The lowest BCUT2D eigenvalue weighted by molar-refractivity contribution is -0.757. The number of ketones is 2. The first-order chi connectivity index (χ1) is 27.2. The molecule has 4 fully saturated rings. The molecule has 1 aliphatic heterocycles. The van der Waals surface area contributed by atoms with Crippen LogP contribution in [-0.4, -0.2) is 113 Å². The number of esters is 2. The lowest BCUT2D eigenvalue weighted by Crippen LogP contribution is -2.70. The maximum Gasteiger partial charge on any atom is 0.407 e. The molecule has 1 heterocycles. The summed E-state index contributed by atoms with van der Waals surface area (Å²) >= 11 is 0. The van der Waals surface area contributed by atoms with Gasteiger partial charge in [0, 0.05) is 16.7 Å². The highest BCUT2D eigenvalue weighted by atomic mass is 19.1. The molecule has 20 nitrogen and oxygen atoms in total. The number of fused-ring (bicyclic) bond motifs is 7. The number of ether oxygens (including phenoxy) is 5. The van der Waals surface area contributed by atoms with Gasteiger partial charge in [-0.25, -0.2) is 14.0 Å². The van der Waals surface area contributed by atoms with E-state index in [-0.39, 0.29) is 70.7 Å². The number of Topliss-reactive ketones (excluding diaryl/α,β-unsaturated/α-hetero) is 1. The second-order valence-corrected chi connectivity index (χ2v) is 16.2. The number of aliphatic hydroxyl groups excluding tert-OH is 1. The van der Waals surface area contributed by atoms with Crippen LogP contribution in [0.25, 0.3) is 0 Å². The van der Waals surface area contributed by atoms with Gasteiger partial charge in [-0.15, -0.1) is 20.2 Å². The van der Waals surface area contributed by atoms with Crippen LogP contribution in [0.5, 0.6) is 0 Å². The van der Waals surface area contributed by atoms with Crippen molar-refractivity contribution in [2.75, 3.05) is 33.0 Å². The number of unbranched alkanes of at least 4 members (excludes halogenated alkanes) is 2. The Morgan fingerprint density at radius 3 is 2.22 bits per heavy atom. The molecule has 0 spiro atoms. The first kappa shape index (κ1) is 44.3. The van der Waals surface area contributed by atoms with Gasteiger partial charge in [0.15, 0.2) is 29.4 Å². The summed E-state index contributed by atoms with van der Waals surface area (Å²) in [6, 6.07) is -1.67. The number of carbonyl (C=O) groups excluding carboxylic acids is 5. The standard InChI is InChI=1S/C37H50FN3O17/c1-33(2)57-29-18-25-24-10-9-22-17-23(42)11-12-34(22,3)36(24,38)27(43)20-35(25,4)37(29,58-33)28(44)21-54-30(45)19-26(31(46)52-13-5-7-15-55-40(48)49)39-32(47)53-14-6-8-16-56-41(50)51/h11-12,17,24-27,29,43H,5-10,13-16,18-21H2,1-4H3,(H,39,47)/t24-,25-,26?,27-,29+,34-,35-,36-,37-/m0/s1. The minimum Gasteiger partial charge on any atom is -0.464 e. The molecule has 5 aliphatic rings. The maximum atomic E-state index is 17.7. The van der Waals surface area contributed by atoms with Gasteiger partial charge in [0.05, 0.1) is 45.1 Å². The molecule has 1 amide bonds. The van der Waals surface area contributed by atoms with E-state index in [1.807, 2.05) is 0 Å². The Morgan fingerprint density at radius 2 is 1.59 bits per heavy atom. The molecule has 0 radical (unpaired) electrons. The van der Waals surface area contributed by atoms with E-state index >= 15 is 4.39 Å². The zero-order chi connectivity index (χ0) is 42.7. The van der Waals surface area contributed by atoms with Gasteiger partial charge in [-0.05, 0) is 90.2 Å². The Morgan fingerprint density at radius 1 is 0.966 bits per heavy atom. The number of carbonyl (C=O) groups is 5. The third kappa shape index (κ3) is 8.52. The van der Waals surface area contributed by atoms with Crippen LogP contribution in [0.1, 0.15) is 85.5 Å². The Kier molecular flexibility index (Phi) is 13.2. The minimum atomic E-state index is -2.18. The molecule has 9 atom stereocenters. The molecule has 21 heteroatoms. The van der Waals surface area contributed by atoms with E-state index in [4.69, 9.17) is 23.7 Å². The number of allylic oxidation sites excluding steroid dienone is 4. The van der Waals surface area contributed by atoms with E-state index in [1.54, 1.807) is 27.7 Å². The summed E-state index contributed by atoms with van der Waals surface area (Å²) in [5, 5.41) is 32.7. The van der Waals surface area contributed by atoms with Crippen LogP contribution in [0.15, 0.2) is 23.8 Å². The van der Waals surface area contributed by atoms with Gasteiger partial charge in [0.25, 0.3) is 10.2 Å². The van der Waals surface area contributed by atoms with E-state index in [9.17, 15) is 49.3 Å². The lowest BCUT2D eigenvalue weighted by atomic mass is 9.44. The van der Waals surface area contributed by atoms with Crippen molar-refractivity contribution in [3.05, 3.63) is 44.0 Å². The van der Waals surface area contributed by atoms with Crippen LogP contribution in [-0.2, 0) is 52.5 Å². The van der Waals surface area contributed by atoms with Crippen molar-refractivity contribution in [1.29, 1.82) is 0 Å². The summed E-state index contributed by atoms with van der Waals surface area (Å²) in [6.07, 6.45) is 1.09. The Balaban J connectivity index is 1.27. The number of halogens is 1. The smallest absolute Gasteiger partial charge is 0.407 e. The van der Waals surface area contributed by atoms with E-state index in [0.717, 1.165) is 0 Å². The third-order valence-corrected chi connectivity index (χ3v) is 12.3. The van der Waals surface area contributed by atoms with Crippen LogP contribution in [0.4, 0.5) is 9.18 Å². The summed E-state index contributed by atoms with van der Waals surface area (Å²) in [7, 11) is 0. The van der Waals surface area contributed by atoms with Crippen molar-refractivity contribution in [3.63, 3.8) is 0 Å². The average Bonchev–Trinajstić information content (AvgIpc) is 3.55.